The van der Waals surface area contributed by atoms with Gasteiger partial charge >= 0.3 is 0 Å². The second-order valence-electron chi connectivity index (χ2n) is 6.24. The van der Waals surface area contributed by atoms with Crippen LogP contribution in [0.5, 0.6) is 0 Å². The number of nitrogens with zero attached hydrogens (tertiary/aromatic N) is 1. The maximum Gasteiger partial charge on any atom is 0.257 e. The van der Waals surface area contributed by atoms with Gasteiger partial charge in [0.2, 0.25) is 0 Å². The molecule has 2 aromatic rings. The number of amides is 2. The average molecular weight is 406 g/mol. The van der Waals surface area contributed by atoms with Crippen molar-refractivity contribution in [2.75, 3.05) is 31.5 Å². The fourth-order valence-corrected chi connectivity index (χ4v) is 4.49. The van der Waals surface area contributed by atoms with Gasteiger partial charge in [0, 0.05) is 18.8 Å². The predicted molar refractivity (Wildman–Crippen MR) is 103 cm³/mol. The smallest absolute Gasteiger partial charge is 0.257 e. The minimum Gasteiger partial charge on any atom is -0.361 e. The molecule has 0 radical (unpaired) electrons. The molecule has 1 aromatic heterocycles. The van der Waals surface area contributed by atoms with Crippen molar-refractivity contribution in [1.29, 1.82) is 0 Å². The van der Waals surface area contributed by atoms with Crippen LogP contribution in [0.4, 0.5) is 5.69 Å². The zero-order valence-electron chi connectivity index (χ0n) is 14.4. The lowest BCUT2D eigenvalue weighted by molar-refractivity contribution is -0.110. The average Bonchev–Trinajstić information content (AvgIpc) is 3.21. The van der Waals surface area contributed by atoms with Crippen molar-refractivity contribution in [3.05, 3.63) is 46.2 Å². The molecule has 3 heterocycles. The molecule has 2 N–H and O–H groups in total. The molecule has 0 fully saturated rings. The number of hydrogen-bond donors (Lipinski definition) is 2. The van der Waals surface area contributed by atoms with Crippen LogP contribution in [0.1, 0.15) is 21.6 Å². The Balaban J connectivity index is 1.90. The van der Waals surface area contributed by atoms with E-state index >= 15 is 0 Å². The lowest BCUT2D eigenvalue weighted by Gasteiger charge is -2.17. The zero-order chi connectivity index (χ0) is 19.1. The Morgan fingerprint density at radius 2 is 2.07 bits per heavy atom. The topological polar surface area (TPSA) is 91.5 Å². The highest BCUT2D eigenvalue weighted by Crippen LogP contribution is 2.38. The number of ether oxygens (including phenoxy) is 1. The Kier molecular flexibility index (Phi) is 4.63. The standard InChI is InChI=1S/C18H16ClN3O4S/c1-22-9-26-4-5-27(25)16-7-11-12(17(23)21-15(11)8-13(16)19)6-14-10(18(22)24)2-3-20-14/h2-3,6-8,20H,4-5,9H2,1H3,(H,21,23)/b12-6-. The predicted octanol–water partition coefficient (Wildman–Crippen LogP) is 2.33. The van der Waals surface area contributed by atoms with Crippen LogP contribution in [0.15, 0.2) is 29.3 Å². The van der Waals surface area contributed by atoms with Gasteiger partial charge in [0.1, 0.15) is 6.73 Å². The molecule has 1 aromatic carbocycles. The summed E-state index contributed by atoms with van der Waals surface area (Å²) < 4.78 is 18.1. The Morgan fingerprint density at radius 3 is 2.89 bits per heavy atom. The van der Waals surface area contributed by atoms with E-state index in [1.165, 1.54) is 4.90 Å². The molecule has 1 unspecified atom stereocenters. The summed E-state index contributed by atoms with van der Waals surface area (Å²) in [7, 11) is 0.225. The molecule has 2 aliphatic rings. The molecule has 7 nitrogen and oxygen atoms in total. The third-order valence-electron chi connectivity index (χ3n) is 4.44. The van der Waals surface area contributed by atoms with E-state index < -0.39 is 10.8 Å². The molecule has 2 amide bonds. The van der Waals surface area contributed by atoms with Gasteiger partial charge in [0.15, 0.2) is 0 Å². The van der Waals surface area contributed by atoms with E-state index in [-0.39, 0.29) is 30.9 Å². The monoisotopic (exact) mass is 405 g/mol. The summed E-state index contributed by atoms with van der Waals surface area (Å²) in [5.74, 6) is -0.311. The quantitative estimate of drug-likeness (QED) is 0.703. The molecular formula is C18H16ClN3O4S. The molecule has 140 valence electrons. The summed E-state index contributed by atoms with van der Waals surface area (Å²) in [6.45, 7) is 0.271. The summed E-state index contributed by atoms with van der Waals surface area (Å²) in [4.78, 5) is 30.0. The summed E-state index contributed by atoms with van der Waals surface area (Å²) >= 11 is 6.27. The van der Waals surface area contributed by atoms with E-state index in [4.69, 9.17) is 16.3 Å². The number of carbonyl (C=O) groups excluding carboxylic acids is 2. The van der Waals surface area contributed by atoms with Gasteiger partial charge in [0.25, 0.3) is 11.8 Å². The number of rotatable bonds is 0. The van der Waals surface area contributed by atoms with Crippen LogP contribution < -0.4 is 5.32 Å². The molecule has 0 spiro atoms. The van der Waals surface area contributed by atoms with Gasteiger partial charge in [-0.1, -0.05) is 11.6 Å². The van der Waals surface area contributed by atoms with Gasteiger partial charge in [-0.3, -0.25) is 13.8 Å². The summed E-state index contributed by atoms with van der Waals surface area (Å²) in [6.07, 6.45) is 3.26. The highest BCUT2D eigenvalue weighted by Gasteiger charge is 2.28. The molecule has 2 aliphatic heterocycles. The summed E-state index contributed by atoms with van der Waals surface area (Å²) in [5, 5.41) is 3.09. The molecule has 2 bridgehead atoms. The first-order chi connectivity index (χ1) is 13.0. The number of anilines is 1. The van der Waals surface area contributed by atoms with Crippen molar-refractivity contribution in [2.24, 2.45) is 0 Å². The number of aromatic nitrogens is 1. The van der Waals surface area contributed by atoms with Crippen LogP contribution in [-0.2, 0) is 20.3 Å². The Hall–Kier alpha value is -2.42. The fraction of sp³-hybridized carbons (Fsp3) is 0.222. The molecule has 9 heteroatoms. The van der Waals surface area contributed by atoms with Gasteiger partial charge in [0.05, 0.1) is 55.6 Å². The van der Waals surface area contributed by atoms with Gasteiger partial charge < -0.3 is 19.9 Å². The largest absolute Gasteiger partial charge is 0.361 e. The third-order valence-corrected chi connectivity index (χ3v) is 6.23. The molecule has 4 rings (SSSR count). The van der Waals surface area contributed by atoms with Crippen molar-refractivity contribution in [3.8, 4) is 0 Å². The fourth-order valence-electron chi connectivity index (χ4n) is 3.05. The number of H-pyrrole nitrogens is 1. The Bertz CT molecular complexity index is 1010. The van der Waals surface area contributed by atoms with Gasteiger partial charge in [-0.2, -0.15) is 0 Å². The minimum atomic E-state index is -1.39. The maximum atomic E-state index is 12.7. The van der Waals surface area contributed by atoms with Crippen LogP contribution in [0.2, 0.25) is 5.02 Å². The summed E-state index contributed by atoms with van der Waals surface area (Å²) in [6, 6.07) is 4.93. The van der Waals surface area contributed by atoms with Crippen LogP contribution in [0, 0.1) is 0 Å². The molecule has 0 aliphatic carbocycles. The normalized spacial score (nSPS) is 21.9. The summed E-state index contributed by atoms with van der Waals surface area (Å²) in [5.41, 5.74) is 2.49. The molecule has 27 heavy (non-hydrogen) atoms. The third kappa shape index (κ3) is 3.20. The highest BCUT2D eigenvalue weighted by atomic mass is 35.5. The number of aromatic amines is 1. The van der Waals surface area contributed by atoms with Crippen molar-refractivity contribution < 1.29 is 18.5 Å². The zero-order valence-corrected chi connectivity index (χ0v) is 15.9. The lowest BCUT2D eigenvalue weighted by atomic mass is 10.0. The molecule has 1 atom stereocenters. The number of halogens is 1. The highest BCUT2D eigenvalue weighted by molar-refractivity contribution is 7.85. The van der Waals surface area contributed by atoms with Crippen molar-refractivity contribution in [3.63, 3.8) is 0 Å². The Labute approximate surface area is 162 Å². The number of fused-ring (bicyclic) bond motifs is 2. The Morgan fingerprint density at radius 1 is 1.26 bits per heavy atom. The first kappa shape index (κ1) is 18.0. The van der Waals surface area contributed by atoms with E-state index in [0.717, 1.165) is 0 Å². The van der Waals surface area contributed by atoms with E-state index in [9.17, 15) is 13.8 Å². The van der Waals surface area contributed by atoms with Crippen LogP contribution in [0.25, 0.3) is 11.6 Å². The van der Waals surface area contributed by atoms with E-state index in [1.807, 2.05) is 0 Å². The van der Waals surface area contributed by atoms with Crippen LogP contribution in [0.3, 0.4) is 0 Å². The van der Waals surface area contributed by atoms with Crippen LogP contribution in [-0.4, -0.2) is 52.0 Å². The van der Waals surface area contributed by atoms with Gasteiger partial charge in [-0.05, 0) is 24.3 Å². The first-order valence-corrected chi connectivity index (χ1v) is 9.91. The molecular weight excluding hydrogens is 390 g/mol. The minimum absolute atomic E-state index is 0.0651. The molecule has 0 saturated carbocycles. The SMILES string of the molecule is CN1COCCS(=O)c2cc3c(cc2Cl)NC(=O)/C3=C\c2[nH]ccc2C1=O. The van der Waals surface area contributed by atoms with E-state index in [2.05, 4.69) is 10.3 Å². The van der Waals surface area contributed by atoms with Gasteiger partial charge in [-0.15, -0.1) is 0 Å². The van der Waals surface area contributed by atoms with Crippen molar-refractivity contribution in [2.45, 2.75) is 4.90 Å². The second kappa shape index (κ2) is 6.95. The number of nitrogens with one attached hydrogen (secondary N) is 2. The molecule has 0 saturated heterocycles. The van der Waals surface area contributed by atoms with E-state index in [1.54, 1.807) is 37.5 Å². The number of carbonyl (C=O) groups is 2. The van der Waals surface area contributed by atoms with Crippen molar-refractivity contribution >= 4 is 51.6 Å². The van der Waals surface area contributed by atoms with E-state index in [0.29, 0.717) is 38.0 Å². The van der Waals surface area contributed by atoms with Crippen molar-refractivity contribution in [1.82, 2.24) is 9.88 Å². The number of hydrogen-bond acceptors (Lipinski definition) is 4. The van der Waals surface area contributed by atoms with Gasteiger partial charge in [-0.25, -0.2) is 0 Å². The first-order valence-electron chi connectivity index (χ1n) is 8.21. The van der Waals surface area contributed by atoms with Crippen LogP contribution >= 0.6 is 11.6 Å². The lowest BCUT2D eigenvalue weighted by Crippen LogP contribution is -2.30. The maximum absolute atomic E-state index is 12.7. The number of benzene rings is 1. The second-order valence-corrected chi connectivity index (χ2v) is 8.18.